The van der Waals surface area contributed by atoms with Crippen molar-refractivity contribution in [2.24, 2.45) is 7.05 Å². The van der Waals surface area contributed by atoms with Crippen molar-refractivity contribution in [3.8, 4) is 0 Å². The van der Waals surface area contributed by atoms with Gasteiger partial charge in [-0.2, -0.15) is 4.98 Å². The number of methoxy groups -OCH3 is 1. The molecule has 0 aromatic carbocycles. The van der Waals surface area contributed by atoms with Crippen LogP contribution < -0.4 is 16.2 Å². The van der Waals surface area contributed by atoms with E-state index in [2.05, 4.69) is 9.97 Å². The molecule has 8 heteroatoms. The summed E-state index contributed by atoms with van der Waals surface area (Å²) in [7, 11) is 3.04. The lowest BCUT2D eigenvalue weighted by Crippen LogP contribution is -2.35. The Morgan fingerprint density at radius 3 is 2.64 bits per heavy atom. The van der Waals surface area contributed by atoms with Gasteiger partial charge in [-0.25, -0.2) is 9.78 Å². The topological polar surface area (TPSA) is 103 Å². The first kappa shape index (κ1) is 16.9. The fourth-order valence-electron chi connectivity index (χ4n) is 3.03. The summed E-state index contributed by atoms with van der Waals surface area (Å²) >= 11 is 0. The first-order valence-electron chi connectivity index (χ1n) is 8.12. The lowest BCUT2D eigenvalue weighted by molar-refractivity contribution is 0.0594. The van der Waals surface area contributed by atoms with E-state index in [1.54, 1.807) is 23.9 Å². The second-order valence-electron chi connectivity index (χ2n) is 6.14. The summed E-state index contributed by atoms with van der Waals surface area (Å²) in [5, 5.41) is 0. The molecule has 3 heterocycles. The van der Waals surface area contributed by atoms with Crippen LogP contribution in [0.25, 0.3) is 0 Å². The van der Waals surface area contributed by atoms with Gasteiger partial charge in [0.15, 0.2) is 5.69 Å². The molecule has 8 nitrogen and oxygen atoms in total. The number of carbonyl (C=O) groups excluding carboxylic acids is 1. The molecule has 1 fully saturated rings. The number of ether oxygens (including phenoxy) is 1. The Balaban J connectivity index is 1.74. The van der Waals surface area contributed by atoms with Crippen LogP contribution in [0.2, 0.25) is 0 Å². The van der Waals surface area contributed by atoms with E-state index in [1.807, 2.05) is 11.0 Å². The Morgan fingerprint density at radius 1 is 1.28 bits per heavy atom. The minimum Gasteiger partial charge on any atom is -0.464 e. The lowest BCUT2D eigenvalue weighted by Gasteiger charge is -2.32. The molecule has 0 spiro atoms. The van der Waals surface area contributed by atoms with E-state index in [0.717, 1.165) is 31.5 Å². The zero-order valence-electron chi connectivity index (χ0n) is 14.3. The van der Waals surface area contributed by atoms with Crippen molar-refractivity contribution in [3.05, 3.63) is 46.0 Å². The van der Waals surface area contributed by atoms with Crippen molar-refractivity contribution in [2.75, 3.05) is 30.8 Å². The zero-order valence-corrected chi connectivity index (χ0v) is 14.3. The van der Waals surface area contributed by atoms with Gasteiger partial charge in [-0.3, -0.25) is 4.79 Å². The fraction of sp³-hybridized carbons (Fsp3) is 0.412. The summed E-state index contributed by atoms with van der Waals surface area (Å²) in [6, 6.07) is 5.10. The van der Waals surface area contributed by atoms with Crippen LogP contribution >= 0.6 is 0 Å². The third-order valence-corrected chi connectivity index (χ3v) is 4.51. The molecule has 1 aliphatic rings. The van der Waals surface area contributed by atoms with Gasteiger partial charge in [0.05, 0.1) is 7.11 Å². The molecule has 0 aliphatic carbocycles. The fourth-order valence-corrected chi connectivity index (χ4v) is 3.03. The summed E-state index contributed by atoms with van der Waals surface area (Å²) in [6.07, 6.45) is 3.55. The van der Waals surface area contributed by atoms with Crippen molar-refractivity contribution in [2.45, 2.75) is 18.8 Å². The highest BCUT2D eigenvalue weighted by atomic mass is 16.5. The Kier molecular flexibility index (Phi) is 4.69. The van der Waals surface area contributed by atoms with Gasteiger partial charge in [0.1, 0.15) is 5.82 Å². The van der Waals surface area contributed by atoms with Crippen LogP contribution in [0.5, 0.6) is 0 Å². The SMILES string of the molecule is COC(=O)c1cc(N)nc(N2CCC(c3ccn(C)c(=O)c3)CC2)n1. The third kappa shape index (κ3) is 3.62. The van der Waals surface area contributed by atoms with Crippen LogP contribution in [-0.2, 0) is 11.8 Å². The predicted molar refractivity (Wildman–Crippen MR) is 93.7 cm³/mol. The smallest absolute Gasteiger partial charge is 0.356 e. The highest BCUT2D eigenvalue weighted by Crippen LogP contribution is 2.29. The first-order valence-corrected chi connectivity index (χ1v) is 8.12. The van der Waals surface area contributed by atoms with Gasteiger partial charge in [0.25, 0.3) is 5.56 Å². The maximum atomic E-state index is 11.8. The van der Waals surface area contributed by atoms with Crippen LogP contribution in [0.3, 0.4) is 0 Å². The summed E-state index contributed by atoms with van der Waals surface area (Å²) in [4.78, 5) is 34.0. The molecule has 2 N–H and O–H groups in total. The van der Waals surface area contributed by atoms with E-state index in [9.17, 15) is 9.59 Å². The van der Waals surface area contributed by atoms with E-state index in [1.165, 1.54) is 13.2 Å². The van der Waals surface area contributed by atoms with Gasteiger partial charge in [-0.05, 0) is 30.4 Å². The second-order valence-corrected chi connectivity index (χ2v) is 6.14. The van der Waals surface area contributed by atoms with Gasteiger partial charge >= 0.3 is 5.97 Å². The number of rotatable bonds is 3. The quantitative estimate of drug-likeness (QED) is 0.827. The minimum absolute atomic E-state index is 0.00168. The van der Waals surface area contributed by atoms with Gasteiger partial charge < -0.3 is 19.9 Å². The number of esters is 1. The Hall–Kier alpha value is -2.90. The van der Waals surface area contributed by atoms with Crippen molar-refractivity contribution in [1.29, 1.82) is 0 Å². The molecule has 1 saturated heterocycles. The highest BCUT2D eigenvalue weighted by Gasteiger charge is 2.24. The molecule has 2 aromatic heterocycles. The molecule has 0 radical (unpaired) electrons. The summed E-state index contributed by atoms with van der Waals surface area (Å²) in [5.41, 5.74) is 7.00. The zero-order chi connectivity index (χ0) is 18.0. The number of aromatic nitrogens is 3. The minimum atomic E-state index is -0.537. The van der Waals surface area contributed by atoms with Gasteiger partial charge in [-0.1, -0.05) is 0 Å². The van der Waals surface area contributed by atoms with Crippen molar-refractivity contribution < 1.29 is 9.53 Å². The summed E-state index contributed by atoms with van der Waals surface area (Å²) in [6.45, 7) is 1.45. The Bertz CT molecular complexity index is 840. The number of hydrogen-bond donors (Lipinski definition) is 1. The first-order chi connectivity index (χ1) is 12.0. The van der Waals surface area contributed by atoms with Gasteiger partial charge in [-0.15, -0.1) is 0 Å². The Morgan fingerprint density at radius 2 is 2.00 bits per heavy atom. The van der Waals surface area contributed by atoms with Gasteiger partial charge in [0, 0.05) is 38.5 Å². The number of hydrogen-bond acceptors (Lipinski definition) is 7. The average molecular weight is 343 g/mol. The third-order valence-electron chi connectivity index (χ3n) is 4.51. The number of nitrogens with two attached hydrogens (primary N) is 1. The molecular weight excluding hydrogens is 322 g/mol. The second kappa shape index (κ2) is 6.92. The van der Waals surface area contributed by atoms with Crippen LogP contribution in [0.1, 0.15) is 34.8 Å². The molecule has 0 saturated carbocycles. The normalized spacial score (nSPS) is 15.2. The van der Waals surface area contributed by atoms with E-state index in [4.69, 9.17) is 10.5 Å². The molecule has 1 aliphatic heterocycles. The van der Waals surface area contributed by atoms with Crippen molar-refractivity contribution >= 4 is 17.7 Å². The molecule has 0 bridgehead atoms. The van der Waals surface area contributed by atoms with Crippen LogP contribution in [0, 0.1) is 0 Å². The molecule has 0 unspecified atom stereocenters. The molecule has 25 heavy (non-hydrogen) atoms. The number of aryl methyl sites for hydroxylation is 1. The number of anilines is 2. The molecule has 3 rings (SSSR count). The lowest BCUT2D eigenvalue weighted by atomic mass is 9.90. The highest BCUT2D eigenvalue weighted by molar-refractivity contribution is 5.88. The number of nitrogen functional groups attached to an aromatic ring is 1. The summed E-state index contributed by atoms with van der Waals surface area (Å²) in [5.74, 6) is 0.457. The van der Waals surface area contributed by atoms with E-state index in [0.29, 0.717) is 11.9 Å². The maximum Gasteiger partial charge on any atom is 0.356 e. The number of pyridine rings is 1. The Labute approximate surface area is 145 Å². The van der Waals surface area contributed by atoms with Crippen LogP contribution in [0.15, 0.2) is 29.2 Å². The van der Waals surface area contributed by atoms with Crippen molar-refractivity contribution in [1.82, 2.24) is 14.5 Å². The molecule has 0 amide bonds. The largest absolute Gasteiger partial charge is 0.464 e. The molecule has 2 aromatic rings. The van der Waals surface area contributed by atoms with Crippen LogP contribution in [-0.4, -0.2) is 40.7 Å². The van der Waals surface area contributed by atoms with E-state index >= 15 is 0 Å². The van der Waals surface area contributed by atoms with E-state index < -0.39 is 5.97 Å². The summed E-state index contributed by atoms with van der Waals surface area (Å²) < 4.78 is 6.26. The molecular formula is C17H21N5O3. The number of nitrogens with zero attached hydrogens (tertiary/aromatic N) is 4. The van der Waals surface area contributed by atoms with Crippen molar-refractivity contribution in [3.63, 3.8) is 0 Å². The average Bonchev–Trinajstić information content (AvgIpc) is 2.63. The number of carbonyl (C=O) groups is 1. The predicted octanol–water partition coefficient (Wildman–Crippen LogP) is 0.928. The molecule has 0 atom stereocenters. The molecule has 132 valence electrons. The van der Waals surface area contributed by atoms with Crippen LogP contribution in [0.4, 0.5) is 11.8 Å². The maximum absolute atomic E-state index is 11.8. The monoisotopic (exact) mass is 343 g/mol. The van der Waals surface area contributed by atoms with E-state index in [-0.39, 0.29) is 17.1 Å². The standard InChI is InChI=1S/C17H21N5O3/c1-21-6-3-12(9-15(21)23)11-4-7-22(8-5-11)17-19-13(16(24)25-2)10-14(18)20-17/h3,6,9-11H,4-5,7-8H2,1-2H3,(H2,18,19,20). The number of piperidine rings is 1. The van der Waals surface area contributed by atoms with Gasteiger partial charge in [0.2, 0.25) is 5.95 Å².